The third-order valence-corrected chi connectivity index (χ3v) is 5.21. The lowest BCUT2D eigenvalue weighted by molar-refractivity contribution is -0.148. The molecule has 1 saturated heterocycles. The zero-order valence-electron chi connectivity index (χ0n) is 11.6. The second kappa shape index (κ2) is 7.15. The molecule has 0 aliphatic carbocycles. The highest BCUT2D eigenvalue weighted by Crippen LogP contribution is 2.45. The smallest absolute Gasteiger partial charge is 0.337 e. The number of amides is 1. The molecule has 1 aromatic carbocycles. The van der Waals surface area contributed by atoms with Crippen LogP contribution in [-0.2, 0) is 19.1 Å². The van der Waals surface area contributed by atoms with Gasteiger partial charge in [-0.3, -0.25) is 9.59 Å². The van der Waals surface area contributed by atoms with Crippen LogP contribution in [0.15, 0.2) is 30.3 Å². The van der Waals surface area contributed by atoms with Crippen molar-refractivity contribution in [1.82, 2.24) is 4.90 Å². The number of carboxylic acids is 1. The van der Waals surface area contributed by atoms with Crippen molar-refractivity contribution in [3.63, 3.8) is 0 Å². The molecule has 2 rings (SSSR count). The molecule has 0 bridgehead atoms. The van der Waals surface area contributed by atoms with Crippen molar-refractivity contribution in [1.29, 1.82) is 0 Å². The minimum atomic E-state index is -1.16. The predicted molar refractivity (Wildman–Crippen MR) is 84.6 cm³/mol. The van der Waals surface area contributed by atoms with E-state index < -0.39 is 28.6 Å². The second-order valence-electron chi connectivity index (χ2n) is 4.56. The lowest BCUT2D eigenvalue weighted by atomic mass is 10.0. The Labute approximate surface area is 139 Å². The second-order valence-corrected chi connectivity index (χ2v) is 6.35. The van der Waals surface area contributed by atoms with E-state index in [1.165, 1.54) is 12.0 Å². The van der Waals surface area contributed by atoms with Crippen LogP contribution in [0.1, 0.15) is 11.6 Å². The topological polar surface area (TPSA) is 83.9 Å². The molecule has 22 heavy (non-hydrogen) atoms. The van der Waals surface area contributed by atoms with Gasteiger partial charge in [-0.05, 0) is 5.56 Å². The fourth-order valence-electron chi connectivity index (χ4n) is 2.39. The Morgan fingerprint density at radius 3 is 2.45 bits per heavy atom. The maximum atomic E-state index is 12.2. The molecule has 0 saturated carbocycles. The summed E-state index contributed by atoms with van der Waals surface area (Å²) >= 11 is 3.98. The van der Waals surface area contributed by atoms with E-state index in [2.05, 4.69) is 15.9 Å². The first-order valence-electron chi connectivity index (χ1n) is 6.39. The molecule has 8 heteroatoms. The van der Waals surface area contributed by atoms with Gasteiger partial charge >= 0.3 is 11.9 Å². The Balaban J connectivity index is 2.50. The van der Waals surface area contributed by atoms with Crippen LogP contribution in [0, 0.1) is 0 Å². The largest absolute Gasteiger partial charge is 0.479 e. The number of methoxy groups -OCH3 is 1. The molecular formula is C14H14BrNO5S. The van der Waals surface area contributed by atoms with Gasteiger partial charge in [-0.2, -0.15) is 0 Å². The van der Waals surface area contributed by atoms with Crippen molar-refractivity contribution in [2.75, 3.05) is 12.4 Å². The molecule has 1 fully saturated rings. The van der Waals surface area contributed by atoms with E-state index in [1.807, 2.05) is 6.07 Å². The minimum Gasteiger partial charge on any atom is -0.479 e. The molecular weight excluding hydrogens is 374 g/mol. The number of esters is 1. The van der Waals surface area contributed by atoms with E-state index in [1.54, 1.807) is 24.3 Å². The van der Waals surface area contributed by atoms with Gasteiger partial charge in [0.15, 0.2) is 5.37 Å². The summed E-state index contributed by atoms with van der Waals surface area (Å²) in [5, 5.41) is 7.46. The molecule has 6 nitrogen and oxygen atoms in total. The Bertz CT molecular complexity index is 582. The summed E-state index contributed by atoms with van der Waals surface area (Å²) in [5.41, 5.74) is 0.698. The highest BCUT2D eigenvalue weighted by Gasteiger charge is 2.51. The fraction of sp³-hybridized carbons (Fsp3) is 0.357. The molecule has 0 radical (unpaired) electrons. The van der Waals surface area contributed by atoms with E-state index in [0.29, 0.717) is 5.56 Å². The number of carbonyl (C=O) groups excluding carboxylic acids is 2. The lowest BCUT2D eigenvalue weighted by Gasteiger charge is -2.28. The number of thioether (sulfide) groups is 1. The summed E-state index contributed by atoms with van der Waals surface area (Å²) in [5.74, 6) is -2.10. The molecule has 3 atom stereocenters. The number of aliphatic carboxylic acids is 1. The third kappa shape index (κ3) is 3.12. The summed E-state index contributed by atoms with van der Waals surface area (Å²) in [7, 11) is 1.25. The number of nitrogens with zero attached hydrogens (tertiary/aromatic N) is 1. The quantitative estimate of drug-likeness (QED) is 0.624. The van der Waals surface area contributed by atoms with E-state index >= 15 is 0 Å². The van der Waals surface area contributed by atoms with Gasteiger partial charge in [0.25, 0.3) is 0 Å². The first kappa shape index (κ1) is 16.8. The summed E-state index contributed by atoms with van der Waals surface area (Å²) in [6, 6.07) is 8.22. The Morgan fingerprint density at radius 1 is 1.32 bits per heavy atom. The van der Waals surface area contributed by atoms with Crippen molar-refractivity contribution >= 4 is 45.5 Å². The first-order valence-corrected chi connectivity index (χ1v) is 8.45. The molecule has 118 valence electrons. The third-order valence-electron chi connectivity index (χ3n) is 3.30. The van der Waals surface area contributed by atoms with Gasteiger partial charge in [0.1, 0.15) is 5.25 Å². The number of ether oxygens (including phenoxy) is 1. The SMILES string of the molecule is COC(=O)[C@H]1S[C@@H](C(=O)O)N(C(=O)CBr)[C@H]1c1ccccc1. The van der Waals surface area contributed by atoms with Crippen LogP contribution in [0.25, 0.3) is 0 Å². The number of carbonyl (C=O) groups is 3. The van der Waals surface area contributed by atoms with Crippen LogP contribution >= 0.6 is 27.7 Å². The number of halogens is 1. The van der Waals surface area contributed by atoms with Crippen molar-refractivity contribution in [3.05, 3.63) is 35.9 Å². The summed E-state index contributed by atoms with van der Waals surface area (Å²) < 4.78 is 4.77. The predicted octanol–water partition coefficient (Wildman–Crippen LogP) is 1.65. The molecule has 1 aliphatic heterocycles. The summed E-state index contributed by atoms with van der Waals surface area (Å²) in [6.45, 7) is 0. The number of rotatable bonds is 4. The standard InChI is InChI=1S/C14H14BrNO5S/c1-21-14(20)11-10(8-5-3-2-4-6-8)16(9(17)7-15)12(22-11)13(18)19/h2-6,10-12H,7H2,1H3,(H,18,19)/t10-,11-,12-/m0/s1. The number of alkyl halides is 1. The number of benzene rings is 1. The molecule has 0 spiro atoms. The van der Waals surface area contributed by atoms with Crippen molar-refractivity contribution in [2.45, 2.75) is 16.7 Å². The van der Waals surface area contributed by atoms with Gasteiger partial charge in [-0.15, -0.1) is 11.8 Å². The normalized spacial score (nSPS) is 24.1. The first-order chi connectivity index (χ1) is 10.5. The van der Waals surface area contributed by atoms with Gasteiger partial charge in [0, 0.05) is 0 Å². The van der Waals surface area contributed by atoms with Crippen LogP contribution in [0.2, 0.25) is 0 Å². The molecule has 1 aromatic rings. The van der Waals surface area contributed by atoms with Gasteiger partial charge in [0.05, 0.1) is 18.5 Å². The highest BCUT2D eigenvalue weighted by molar-refractivity contribution is 9.09. The minimum absolute atomic E-state index is 0.0193. The van der Waals surface area contributed by atoms with Crippen LogP contribution in [0.5, 0.6) is 0 Å². The van der Waals surface area contributed by atoms with Crippen molar-refractivity contribution in [3.8, 4) is 0 Å². The van der Waals surface area contributed by atoms with Crippen LogP contribution in [-0.4, -0.2) is 50.9 Å². The van der Waals surface area contributed by atoms with E-state index in [4.69, 9.17) is 4.74 Å². The molecule has 1 N–H and O–H groups in total. The van der Waals surface area contributed by atoms with Crippen LogP contribution in [0.3, 0.4) is 0 Å². The highest BCUT2D eigenvalue weighted by atomic mass is 79.9. The van der Waals surface area contributed by atoms with E-state index in [-0.39, 0.29) is 11.2 Å². The molecule has 1 amide bonds. The van der Waals surface area contributed by atoms with Gasteiger partial charge in [0.2, 0.25) is 5.91 Å². The van der Waals surface area contributed by atoms with Gasteiger partial charge in [-0.25, -0.2) is 4.79 Å². The zero-order chi connectivity index (χ0) is 16.3. The van der Waals surface area contributed by atoms with Crippen LogP contribution in [0.4, 0.5) is 0 Å². The average Bonchev–Trinajstić information content (AvgIpc) is 2.94. The summed E-state index contributed by atoms with van der Waals surface area (Å²) in [4.78, 5) is 37.0. The number of hydrogen-bond acceptors (Lipinski definition) is 5. The molecule has 0 aromatic heterocycles. The monoisotopic (exact) mass is 387 g/mol. The molecule has 1 aliphatic rings. The van der Waals surface area contributed by atoms with Gasteiger partial charge in [-0.1, -0.05) is 46.3 Å². The zero-order valence-corrected chi connectivity index (χ0v) is 14.0. The maximum absolute atomic E-state index is 12.2. The summed E-state index contributed by atoms with van der Waals surface area (Å²) in [6.07, 6.45) is 0. The van der Waals surface area contributed by atoms with E-state index in [9.17, 15) is 19.5 Å². The maximum Gasteiger partial charge on any atom is 0.337 e. The Kier molecular flexibility index (Phi) is 5.47. The lowest BCUT2D eigenvalue weighted by Crippen LogP contribution is -2.43. The van der Waals surface area contributed by atoms with Crippen molar-refractivity contribution in [2.24, 2.45) is 0 Å². The van der Waals surface area contributed by atoms with E-state index in [0.717, 1.165) is 11.8 Å². The fourth-order valence-corrected chi connectivity index (χ4v) is 4.10. The number of carboxylic acid groups (broad SMARTS) is 1. The number of hydrogen-bond donors (Lipinski definition) is 1. The van der Waals surface area contributed by atoms with Gasteiger partial charge < -0.3 is 14.7 Å². The molecule has 1 heterocycles. The average molecular weight is 388 g/mol. The molecule has 0 unspecified atom stereocenters. The Morgan fingerprint density at radius 2 is 1.95 bits per heavy atom. The van der Waals surface area contributed by atoms with Crippen molar-refractivity contribution < 1.29 is 24.2 Å². The van der Waals surface area contributed by atoms with Crippen LogP contribution < -0.4 is 0 Å². The Hall–Kier alpha value is -1.54.